The summed E-state index contributed by atoms with van der Waals surface area (Å²) >= 11 is 1.21. The van der Waals surface area contributed by atoms with Gasteiger partial charge in [0.2, 0.25) is 5.95 Å². The maximum absolute atomic E-state index is 12.0. The van der Waals surface area contributed by atoms with Crippen molar-refractivity contribution in [3.8, 4) is 0 Å². The number of aromatic nitrogens is 4. The van der Waals surface area contributed by atoms with Crippen molar-refractivity contribution in [2.75, 3.05) is 11.5 Å². The molecule has 3 aromatic rings. The molecule has 0 aliphatic heterocycles. The smallest absolute Gasteiger partial charge is 0.278 e. The Bertz CT molecular complexity index is 856. The molecule has 0 saturated carbocycles. The molecule has 0 aliphatic rings. The van der Waals surface area contributed by atoms with Gasteiger partial charge in [-0.15, -0.1) is 0 Å². The SMILES string of the molecule is Nc1nc2nc(SCC(=O)c3ccccc3)[nH]c2c(=O)[nH]1. The van der Waals surface area contributed by atoms with Gasteiger partial charge in [-0.2, -0.15) is 4.98 Å². The maximum atomic E-state index is 12.0. The minimum absolute atomic E-state index is 0.0101. The number of anilines is 1. The summed E-state index contributed by atoms with van der Waals surface area (Å²) in [5.74, 6) is 0.218. The van der Waals surface area contributed by atoms with E-state index in [1.807, 2.05) is 18.2 Å². The molecule has 0 bridgehead atoms. The number of nitrogens with one attached hydrogen (secondary N) is 2. The number of aromatic amines is 2. The molecule has 0 spiro atoms. The number of carbonyl (C=O) groups excluding carboxylic acids is 1. The van der Waals surface area contributed by atoms with E-state index in [2.05, 4.69) is 19.9 Å². The van der Waals surface area contributed by atoms with Crippen LogP contribution in [0, 0.1) is 0 Å². The van der Waals surface area contributed by atoms with Crippen LogP contribution in [0.1, 0.15) is 10.4 Å². The summed E-state index contributed by atoms with van der Waals surface area (Å²) in [4.78, 5) is 36.9. The fourth-order valence-corrected chi connectivity index (χ4v) is 2.57. The lowest BCUT2D eigenvalue weighted by atomic mass is 10.2. The van der Waals surface area contributed by atoms with Crippen molar-refractivity contribution in [3.63, 3.8) is 0 Å². The van der Waals surface area contributed by atoms with E-state index < -0.39 is 0 Å². The third kappa shape index (κ3) is 2.79. The zero-order valence-electron chi connectivity index (χ0n) is 10.8. The van der Waals surface area contributed by atoms with Gasteiger partial charge in [0, 0.05) is 5.56 Å². The number of H-pyrrole nitrogens is 2. The summed E-state index contributed by atoms with van der Waals surface area (Å²) in [6, 6.07) is 8.99. The summed E-state index contributed by atoms with van der Waals surface area (Å²) in [6.45, 7) is 0. The van der Waals surface area contributed by atoms with Crippen LogP contribution in [0.4, 0.5) is 5.95 Å². The molecule has 106 valence electrons. The zero-order valence-corrected chi connectivity index (χ0v) is 11.6. The van der Waals surface area contributed by atoms with E-state index in [4.69, 9.17) is 5.73 Å². The van der Waals surface area contributed by atoms with Gasteiger partial charge in [0.25, 0.3) is 5.56 Å². The molecule has 2 heterocycles. The fourth-order valence-electron chi connectivity index (χ4n) is 1.81. The van der Waals surface area contributed by atoms with Gasteiger partial charge < -0.3 is 10.7 Å². The van der Waals surface area contributed by atoms with Gasteiger partial charge in [-0.25, -0.2) is 4.98 Å². The topological polar surface area (TPSA) is 118 Å². The Labute approximate surface area is 123 Å². The molecular formula is C13H11N5O2S. The second-order valence-corrected chi connectivity index (χ2v) is 5.23. The Morgan fingerprint density at radius 1 is 1.19 bits per heavy atom. The van der Waals surface area contributed by atoms with Crippen LogP contribution in [0.3, 0.4) is 0 Å². The number of fused-ring (bicyclic) bond motifs is 1. The molecule has 0 amide bonds. The van der Waals surface area contributed by atoms with Crippen molar-refractivity contribution in [3.05, 3.63) is 46.2 Å². The van der Waals surface area contributed by atoms with Crippen molar-refractivity contribution in [1.82, 2.24) is 19.9 Å². The first-order chi connectivity index (χ1) is 10.1. The normalized spacial score (nSPS) is 10.9. The summed E-state index contributed by atoms with van der Waals surface area (Å²) < 4.78 is 0. The number of nitrogens with two attached hydrogens (primary N) is 1. The van der Waals surface area contributed by atoms with Crippen LogP contribution in [-0.2, 0) is 0 Å². The zero-order chi connectivity index (χ0) is 14.8. The number of thioether (sulfide) groups is 1. The van der Waals surface area contributed by atoms with Crippen molar-refractivity contribution in [2.45, 2.75) is 5.16 Å². The van der Waals surface area contributed by atoms with Crippen molar-refractivity contribution >= 4 is 34.7 Å². The van der Waals surface area contributed by atoms with Crippen LogP contribution in [0.5, 0.6) is 0 Å². The molecule has 0 unspecified atom stereocenters. The average Bonchev–Trinajstić information content (AvgIpc) is 2.89. The lowest BCUT2D eigenvalue weighted by Crippen LogP contribution is -2.10. The first-order valence-corrected chi connectivity index (χ1v) is 7.08. The molecule has 1 aromatic carbocycles. The first kappa shape index (κ1) is 13.4. The third-order valence-corrected chi connectivity index (χ3v) is 3.67. The Morgan fingerprint density at radius 2 is 1.95 bits per heavy atom. The largest absolute Gasteiger partial charge is 0.369 e. The molecule has 0 saturated heterocycles. The van der Waals surface area contributed by atoms with Gasteiger partial charge in [-0.1, -0.05) is 42.1 Å². The monoisotopic (exact) mass is 301 g/mol. The van der Waals surface area contributed by atoms with E-state index in [1.165, 1.54) is 11.8 Å². The lowest BCUT2D eigenvalue weighted by Gasteiger charge is -1.98. The highest BCUT2D eigenvalue weighted by molar-refractivity contribution is 7.99. The molecule has 3 rings (SSSR count). The number of nitrogen functional groups attached to an aromatic ring is 1. The number of rotatable bonds is 4. The molecule has 2 aromatic heterocycles. The number of nitrogens with zero attached hydrogens (tertiary/aromatic N) is 2. The summed E-state index contributed by atoms with van der Waals surface area (Å²) in [5.41, 5.74) is 6.20. The van der Waals surface area contributed by atoms with Gasteiger partial charge in [-0.3, -0.25) is 14.6 Å². The minimum atomic E-state index is -0.383. The molecule has 0 atom stereocenters. The highest BCUT2D eigenvalue weighted by Gasteiger charge is 2.11. The van der Waals surface area contributed by atoms with Crippen LogP contribution < -0.4 is 11.3 Å². The number of imidazole rings is 1. The van der Waals surface area contributed by atoms with E-state index in [9.17, 15) is 9.59 Å². The third-order valence-electron chi connectivity index (χ3n) is 2.79. The maximum Gasteiger partial charge on any atom is 0.278 e. The molecule has 8 heteroatoms. The Hall–Kier alpha value is -2.61. The van der Waals surface area contributed by atoms with Crippen LogP contribution in [-0.4, -0.2) is 31.5 Å². The fraction of sp³-hybridized carbons (Fsp3) is 0.0769. The number of hydrogen-bond donors (Lipinski definition) is 3. The van der Waals surface area contributed by atoms with E-state index in [0.29, 0.717) is 10.7 Å². The summed E-state index contributed by atoms with van der Waals surface area (Å²) in [5, 5.41) is 0.456. The number of ketones is 1. The van der Waals surface area contributed by atoms with Crippen molar-refractivity contribution < 1.29 is 4.79 Å². The molecule has 4 N–H and O–H groups in total. The average molecular weight is 301 g/mol. The Kier molecular flexibility index (Phi) is 3.44. The molecule has 0 radical (unpaired) electrons. The molecule has 0 fully saturated rings. The second-order valence-electron chi connectivity index (χ2n) is 4.27. The lowest BCUT2D eigenvalue weighted by molar-refractivity contribution is 0.102. The molecule has 0 aliphatic carbocycles. The first-order valence-electron chi connectivity index (χ1n) is 6.10. The van der Waals surface area contributed by atoms with E-state index in [-0.39, 0.29) is 34.2 Å². The van der Waals surface area contributed by atoms with E-state index >= 15 is 0 Å². The van der Waals surface area contributed by atoms with Gasteiger partial charge in [0.05, 0.1) is 5.75 Å². The van der Waals surface area contributed by atoms with Gasteiger partial charge in [0.15, 0.2) is 22.1 Å². The minimum Gasteiger partial charge on any atom is -0.369 e. The summed E-state index contributed by atoms with van der Waals surface area (Å²) in [6.07, 6.45) is 0. The van der Waals surface area contributed by atoms with Crippen molar-refractivity contribution in [2.24, 2.45) is 0 Å². The van der Waals surface area contributed by atoms with Crippen molar-refractivity contribution in [1.29, 1.82) is 0 Å². The van der Waals surface area contributed by atoms with Gasteiger partial charge in [-0.05, 0) is 0 Å². The highest BCUT2D eigenvalue weighted by Crippen LogP contribution is 2.18. The molecule has 21 heavy (non-hydrogen) atoms. The predicted octanol–water partition coefficient (Wildman–Crippen LogP) is 1.20. The van der Waals surface area contributed by atoms with Gasteiger partial charge in [0.1, 0.15) is 0 Å². The number of benzene rings is 1. The van der Waals surface area contributed by atoms with Crippen LogP contribution in [0.25, 0.3) is 11.2 Å². The quantitative estimate of drug-likeness (QED) is 0.492. The summed E-state index contributed by atoms with van der Waals surface area (Å²) in [7, 11) is 0. The standard InChI is InChI=1S/C13H11N5O2S/c14-12-16-10-9(11(20)18-12)15-13(17-10)21-6-8(19)7-4-2-1-3-5-7/h1-5H,6H2,(H4,14,15,16,17,18,20). The predicted molar refractivity (Wildman–Crippen MR) is 80.4 cm³/mol. The Morgan fingerprint density at radius 3 is 2.71 bits per heavy atom. The van der Waals surface area contributed by atoms with E-state index in [0.717, 1.165) is 0 Å². The molecular weight excluding hydrogens is 290 g/mol. The van der Waals surface area contributed by atoms with Gasteiger partial charge >= 0.3 is 0 Å². The van der Waals surface area contributed by atoms with Crippen LogP contribution in [0.15, 0.2) is 40.3 Å². The highest BCUT2D eigenvalue weighted by atomic mass is 32.2. The number of hydrogen-bond acceptors (Lipinski definition) is 6. The Balaban J connectivity index is 1.78. The number of carbonyl (C=O) groups is 1. The number of Topliss-reactive ketones (excluding diaryl/α,β-unsaturated/α-hetero) is 1. The second kappa shape index (κ2) is 5.41. The van der Waals surface area contributed by atoms with Crippen LogP contribution >= 0.6 is 11.8 Å². The molecule has 7 nitrogen and oxygen atoms in total. The van der Waals surface area contributed by atoms with Crippen LogP contribution in [0.2, 0.25) is 0 Å². The van der Waals surface area contributed by atoms with E-state index in [1.54, 1.807) is 12.1 Å².